The van der Waals surface area contributed by atoms with E-state index in [0.717, 1.165) is 22.3 Å². The molecule has 0 saturated heterocycles. The van der Waals surface area contributed by atoms with Crippen molar-refractivity contribution in [2.75, 3.05) is 5.32 Å². The van der Waals surface area contributed by atoms with Crippen molar-refractivity contribution in [1.29, 1.82) is 0 Å². The van der Waals surface area contributed by atoms with Crippen molar-refractivity contribution in [2.24, 2.45) is 7.05 Å². The molecule has 9 heteroatoms. The first-order chi connectivity index (χ1) is 13.4. The van der Waals surface area contributed by atoms with E-state index in [1.807, 2.05) is 26.1 Å². The number of aromatic nitrogens is 5. The molecule has 3 aromatic heterocycles. The smallest absolute Gasteiger partial charge is 0.258 e. The van der Waals surface area contributed by atoms with E-state index >= 15 is 0 Å². The van der Waals surface area contributed by atoms with Crippen molar-refractivity contribution in [1.82, 2.24) is 24.5 Å². The Bertz CT molecular complexity index is 1200. The van der Waals surface area contributed by atoms with Crippen LogP contribution in [0.3, 0.4) is 0 Å². The maximum absolute atomic E-state index is 12.7. The van der Waals surface area contributed by atoms with Gasteiger partial charge in [0.15, 0.2) is 5.65 Å². The molecule has 0 aliphatic carbocycles. The Labute approximate surface area is 170 Å². The van der Waals surface area contributed by atoms with Crippen molar-refractivity contribution >= 4 is 46.0 Å². The van der Waals surface area contributed by atoms with Gasteiger partial charge in [0.1, 0.15) is 5.82 Å². The number of carbonyl (C=O) groups is 1. The van der Waals surface area contributed by atoms with Gasteiger partial charge in [0.2, 0.25) is 0 Å². The zero-order valence-corrected chi connectivity index (χ0v) is 16.7. The number of anilines is 1. The first-order valence-electron chi connectivity index (χ1n) is 8.49. The molecular formula is C19H16Cl2N6O. The Hall–Kier alpha value is -2.90. The molecule has 7 nitrogen and oxygen atoms in total. The van der Waals surface area contributed by atoms with Crippen molar-refractivity contribution in [3.63, 3.8) is 0 Å². The fourth-order valence-electron chi connectivity index (χ4n) is 3.02. The topological polar surface area (TPSA) is 77.6 Å². The number of benzene rings is 1. The van der Waals surface area contributed by atoms with Crippen LogP contribution in [-0.4, -0.2) is 30.5 Å². The monoisotopic (exact) mass is 414 g/mol. The van der Waals surface area contributed by atoms with Gasteiger partial charge in [0.05, 0.1) is 34.0 Å². The third kappa shape index (κ3) is 3.34. The molecule has 0 atom stereocenters. The minimum atomic E-state index is -0.281. The molecular weight excluding hydrogens is 399 g/mol. The van der Waals surface area contributed by atoms with Crippen molar-refractivity contribution in [2.45, 2.75) is 13.5 Å². The third-order valence-electron chi connectivity index (χ3n) is 4.43. The van der Waals surface area contributed by atoms with Crippen LogP contribution in [0.5, 0.6) is 0 Å². The van der Waals surface area contributed by atoms with Crippen LogP contribution in [-0.2, 0) is 13.6 Å². The Morgan fingerprint density at radius 1 is 1.25 bits per heavy atom. The highest BCUT2D eigenvalue weighted by atomic mass is 35.5. The van der Waals surface area contributed by atoms with E-state index in [2.05, 4.69) is 20.5 Å². The van der Waals surface area contributed by atoms with Crippen molar-refractivity contribution in [3.05, 3.63) is 69.6 Å². The molecule has 0 radical (unpaired) electrons. The highest BCUT2D eigenvalue weighted by Crippen LogP contribution is 2.27. The number of amides is 1. The molecule has 0 unspecified atom stereocenters. The van der Waals surface area contributed by atoms with Crippen molar-refractivity contribution in [3.8, 4) is 0 Å². The van der Waals surface area contributed by atoms with Crippen LogP contribution >= 0.6 is 23.2 Å². The summed E-state index contributed by atoms with van der Waals surface area (Å²) in [6.07, 6.45) is 3.15. The number of nitrogens with one attached hydrogen (secondary N) is 1. The summed E-state index contributed by atoms with van der Waals surface area (Å²) in [6, 6.07) is 8.92. The third-order valence-corrected chi connectivity index (χ3v) is 5.29. The summed E-state index contributed by atoms with van der Waals surface area (Å²) >= 11 is 12.3. The Morgan fingerprint density at radius 3 is 2.89 bits per heavy atom. The predicted octanol–water partition coefficient (Wildman–Crippen LogP) is 4.08. The SMILES string of the molecule is Cc1nn(C)c2ncc(C(=O)Nc3ccnn3Cc3cccc(Cl)c3Cl)cc12. The summed E-state index contributed by atoms with van der Waals surface area (Å²) in [5, 5.41) is 13.3. The Balaban J connectivity index is 1.58. The van der Waals surface area contributed by atoms with Crippen LogP contribution in [0, 0.1) is 6.92 Å². The number of aryl methyl sites for hydroxylation is 2. The van der Waals surface area contributed by atoms with E-state index < -0.39 is 0 Å². The highest BCUT2D eigenvalue weighted by Gasteiger charge is 2.14. The fourth-order valence-corrected chi connectivity index (χ4v) is 3.40. The normalized spacial score (nSPS) is 11.1. The Morgan fingerprint density at radius 2 is 2.07 bits per heavy atom. The van der Waals surface area contributed by atoms with E-state index in [-0.39, 0.29) is 5.91 Å². The fraction of sp³-hybridized carbons (Fsp3) is 0.158. The van der Waals surface area contributed by atoms with E-state index in [1.165, 1.54) is 6.20 Å². The summed E-state index contributed by atoms with van der Waals surface area (Å²) in [5.41, 5.74) is 2.80. The molecule has 1 amide bonds. The molecule has 1 aromatic carbocycles. The number of hydrogen-bond acceptors (Lipinski definition) is 4. The van der Waals surface area contributed by atoms with Gasteiger partial charge in [0, 0.05) is 24.7 Å². The number of rotatable bonds is 4. The Kier molecular flexibility index (Phi) is 4.78. The van der Waals surface area contributed by atoms with E-state index in [9.17, 15) is 4.79 Å². The lowest BCUT2D eigenvalue weighted by molar-refractivity contribution is 0.102. The molecule has 28 heavy (non-hydrogen) atoms. The number of nitrogens with zero attached hydrogens (tertiary/aromatic N) is 5. The summed E-state index contributed by atoms with van der Waals surface area (Å²) in [4.78, 5) is 17.1. The van der Waals surface area contributed by atoms with E-state index in [0.29, 0.717) is 28.0 Å². The lowest BCUT2D eigenvalue weighted by atomic mass is 10.2. The van der Waals surface area contributed by atoms with Gasteiger partial charge in [-0.1, -0.05) is 35.3 Å². The van der Waals surface area contributed by atoms with Crippen LogP contribution < -0.4 is 5.32 Å². The van der Waals surface area contributed by atoms with E-state index in [4.69, 9.17) is 23.2 Å². The average Bonchev–Trinajstić information content (AvgIpc) is 3.22. The number of halogens is 2. The largest absolute Gasteiger partial charge is 0.307 e. The second-order valence-corrected chi connectivity index (χ2v) is 7.13. The first-order valence-corrected chi connectivity index (χ1v) is 9.25. The maximum atomic E-state index is 12.7. The molecule has 3 heterocycles. The van der Waals surface area contributed by atoms with Gasteiger partial charge in [-0.3, -0.25) is 9.48 Å². The lowest BCUT2D eigenvalue weighted by Gasteiger charge is -2.11. The zero-order chi connectivity index (χ0) is 19.8. The number of carbonyl (C=O) groups excluding carboxylic acids is 1. The molecule has 142 valence electrons. The summed E-state index contributed by atoms with van der Waals surface area (Å²) in [7, 11) is 1.82. The molecule has 0 aliphatic heterocycles. The van der Waals surface area contributed by atoms with Gasteiger partial charge in [-0.15, -0.1) is 0 Å². The molecule has 4 aromatic rings. The average molecular weight is 415 g/mol. The molecule has 4 rings (SSSR count). The number of pyridine rings is 1. The van der Waals surface area contributed by atoms with Gasteiger partial charge in [0.25, 0.3) is 5.91 Å². The maximum Gasteiger partial charge on any atom is 0.258 e. The lowest BCUT2D eigenvalue weighted by Crippen LogP contribution is -2.16. The van der Waals surface area contributed by atoms with Gasteiger partial charge in [-0.05, 0) is 24.6 Å². The highest BCUT2D eigenvalue weighted by molar-refractivity contribution is 6.42. The minimum absolute atomic E-state index is 0.281. The molecule has 0 bridgehead atoms. The molecule has 0 aliphatic rings. The molecule has 1 N–H and O–H groups in total. The van der Waals surface area contributed by atoms with Crippen LogP contribution in [0.4, 0.5) is 5.82 Å². The van der Waals surface area contributed by atoms with Crippen LogP contribution in [0.2, 0.25) is 10.0 Å². The molecule has 0 saturated carbocycles. The van der Waals surface area contributed by atoms with Gasteiger partial charge < -0.3 is 5.32 Å². The molecule has 0 fully saturated rings. The van der Waals surface area contributed by atoms with Gasteiger partial charge >= 0.3 is 0 Å². The standard InChI is InChI=1S/C19H16Cl2N6O/c1-11-14-8-13(9-22-18(14)26(2)25-11)19(28)24-16-6-7-23-27(16)10-12-4-3-5-15(20)17(12)21/h3-9H,10H2,1-2H3,(H,24,28). The van der Waals surface area contributed by atoms with Gasteiger partial charge in [-0.25, -0.2) is 9.67 Å². The van der Waals surface area contributed by atoms with Crippen LogP contribution in [0.15, 0.2) is 42.7 Å². The van der Waals surface area contributed by atoms with E-state index in [1.54, 1.807) is 33.8 Å². The second kappa shape index (κ2) is 7.26. The summed E-state index contributed by atoms with van der Waals surface area (Å²) in [5.74, 6) is 0.264. The van der Waals surface area contributed by atoms with Crippen molar-refractivity contribution < 1.29 is 4.79 Å². The molecule has 0 spiro atoms. The predicted molar refractivity (Wildman–Crippen MR) is 109 cm³/mol. The van der Waals surface area contributed by atoms with Gasteiger partial charge in [-0.2, -0.15) is 10.2 Å². The quantitative estimate of drug-likeness (QED) is 0.545. The van der Waals surface area contributed by atoms with Crippen LogP contribution in [0.1, 0.15) is 21.6 Å². The zero-order valence-electron chi connectivity index (χ0n) is 15.1. The number of fused-ring (bicyclic) bond motifs is 1. The second-order valence-electron chi connectivity index (χ2n) is 6.35. The van der Waals surface area contributed by atoms with Crippen LogP contribution in [0.25, 0.3) is 11.0 Å². The number of hydrogen-bond donors (Lipinski definition) is 1. The minimum Gasteiger partial charge on any atom is -0.307 e. The summed E-state index contributed by atoms with van der Waals surface area (Å²) in [6.45, 7) is 2.26. The summed E-state index contributed by atoms with van der Waals surface area (Å²) < 4.78 is 3.34. The first kappa shape index (κ1) is 18.5.